The van der Waals surface area contributed by atoms with Crippen molar-refractivity contribution in [2.75, 3.05) is 0 Å². The maximum atomic E-state index is 11.7. The summed E-state index contributed by atoms with van der Waals surface area (Å²) in [4.78, 5) is 23.4. The van der Waals surface area contributed by atoms with Gasteiger partial charge in [-0.2, -0.15) is 0 Å². The second-order valence-corrected chi connectivity index (χ2v) is 6.79. The summed E-state index contributed by atoms with van der Waals surface area (Å²) >= 11 is -2.52. The van der Waals surface area contributed by atoms with Crippen molar-refractivity contribution in [1.82, 2.24) is 0 Å². The van der Waals surface area contributed by atoms with Crippen LogP contribution in [0.5, 0.6) is 0 Å². The van der Waals surface area contributed by atoms with E-state index in [0.717, 1.165) is 0 Å². The average Bonchev–Trinajstić information content (AvgIpc) is 2.61. The Labute approximate surface area is 146 Å². The van der Waals surface area contributed by atoms with E-state index in [9.17, 15) is 19.8 Å². The number of carbonyl (C=O) groups excluding carboxylic acids is 2. The van der Waals surface area contributed by atoms with Gasteiger partial charge in [0.15, 0.2) is 0 Å². The van der Waals surface area contributed by atoms with E-state index in [1.54, 1.807) is 60.7 Å². The molecule has 0 amide bonds. The summed E-state index contributed by atoms with van der Waals surface area (Å²) < 4.78 is 9.73. The zero-order valence-corrected chi connectivity index (χ0v) is 15.8. The van der Waals surface area contributed by atoms with Gasteiger partial charge in [-0.25, -0.2) is 0 Å². The number of carbonyl (C=O) groups is 2. The van der Waals surface area contributed by atoms with Crippen LogP contribution < -0.4 is 0 Å². The van der Waals surface area contributed by atoms with Crippen molar-refractivity contribution in [3.05, 3.63) is 71.8 Å². The first-order valence-corrected chi connectivity index (χ1v) is 9.89. The molecule has 0 aliphatic rings. The molecule has 0 aliphatic heterocycles. The van der Waals surface area contributed by atoms with Crippen molar-refractivity contribution in [1.29, 1.82) is 0 Å². The van der Waals surface area contributed by atoms with Crippen LogP contribution in [0.2, 0.25) is 0 Å². The van der Waals surface area contributed by atoms with Gasteiger partial charge in [-0.3, -0.25) is 0 Å². The van der Waals surface area contributed by atoms with E-state index in [1.165, 1.54) is 0 Å². The van der Waals surface area contributed by atoms with Gasteiger partial charge in [0.25, 0.3) is 0 Å². The molecule has 0 aromatic heterocycles. The maximum absolute atomic E-state index is 11.7. The van der Waals surface area contributed by atoms with Crippen LogP contribution in [0.25, 0.3) is 0 Å². The van der Waals surface area contributed by atoms with Crippen molar-refractivity contribution >= 4 is 37.1 Å². The second kappa shape index (κ2) is 8.75. The molecule has 2 aromatic carbocycles. The first-order valence-electron chi connectivity index (χ1n) is 6.72. The first kappa shape index (κ1) is 17.6. The molecule has 2 aromatic rings. The number of hydrogen-bond donors (Lipinski definition) is 2. The van der Waals surface area contributed by atoms with Gasteiger partial charge in [-0.05, 0) is 0 Å². The Kier molecular flexibility index (Phi) is 6.69. The predicted octanol–water partition coefficient (Wildman–Crippen LogP) is 1.07. The van der Waals surface area contributed by atoms with Crippen molar-refractivity contribution in [2.24, 2.45) is 0 Å². The molecule has 2 atom stereocenters. The fourth-order valence-electron chi connectivity index (χ4n) is 1.76. The topological polar surface area (TPSA) is 93.1 Å². The summed E-state index contributed by atoms with van der Waals surface area (Å²) in [5.74, 6) is -1.72. The van der Waals surface area contributed by atoms with Crippen LogP contribution >= 0.6 is 0 Å². The van der Waals surface area contributed by atoms with Crippen LogP contribution in [0.15, 0.2) is 60.7 Å². The average molecular weight is 509 g/mol. The van der Waals surface area contributed by atoms with Gasteiger partial charge >= 0.3 is 146 Å². The Morgan fingerprint density at radius 1 is 0.739 bits per heavy atom. The standard InChI is InChI=1S/2C8H8O3.Pb/c2*9-7(8(10)11)6-4-2-1-3-5-6;/h2*1-5,7,9H,(H,10,11);/q;;+2/p-2. The minimum absolute atomic E-state index is 0.400. The summed E-state index contributed by atoms with van der Waals surface area (Å²) in [5, 5.41) is 19.6. The number of hydrogen-bond acceptors (Lipinski definition) is 6. The monoisotopic (exact) mass is 510 g/mol. The van der Waals surface area contributed by atoms with Crippen LogP contribution in [-0.4, -0.2) is 47.3 Å². The normalized spacial score (nSPS) is 13.0. The molecule has 0 aliphatic carbocycles. The van der Waals surface area contributed by atoms with Gasteiger partial charge in [0.1, 0.15) is 0 Å². The molecule has 0 bridgehead atoms. The molecule has 2 unspecified atom stereocenters. The molecule has 0 spiro atoms. The van der Waals surface area contributed by atoms with Gasteiger partial charge < -0.3 is 0 Å². The van der Waals surface area contributed by atoms with E-state index in [2.05, 4.69) is 0 Å². The summed E-state index contributed by atoms with van der Waals surface area (Å²) in [7, 11) is 0. The summed E-state index contributed by atoms with van der Waals surface area (Å²) in [6.07, 6.45) is -2.83. The van der Waals surface area contributed by atoms with Gasteiger partial charge in [-0.1, -0.05) is 0 Å². The molecule has 118 valence electrons. The van der Waals surface area contributed by atoms with Gasteiger partial charge in [-0.15, -0.1) is 0 Å². The van der Waals surface area contributed by atoms with E-state index in [1.807, 2.05) is 0 Å². The van der Waals surface area contributed by atoms with Crippen LogP contribution in [0.1, 0.15) is 23.3 Å². The van der Waals surface area contributed by atoms with Crippen LogP contribution in [0, 0.1) is 0 Å². The molecule has 7 heteroatoms. The van der Waals surface area contributed by atoms with Gasteiger partial charge in [0, 0.05) is 0 Å². The summed E-state index contributed by atoms with van der Waals surface area (Å²) in [5.41, 5.74) is 0.800. The molecule has 0 heterocycles. The molecule has 2 N–H and O–H groups in total. The molecular weight excluding hydrogens is 495 g/mol. The Morgan fingerprint density at radius 3 is 1.43 bits per heavy atom. The van der Waals surface area contributed by atoms with Crippen LogP contribution in [0.3, 0.4) is 0 Å². The molecule has 6 nitrogen and oxygen atoms in total. The van der Waals surface area contributed by atoms with E-state index >= 15 is 0 Å². The molecule has 2 rings (SSSR count). The zero-order valence-electron chi connectivity index (χ0n) is 12.0. The van der Waals surface area contributed by atoms with Crippen molar-refractivity contribution in [3.63, 3.8) is 0 Å². The molecule has 0 saturated heterocycles. The number of aliphatic hydroxyl groups excluding tert-OH is 2. The molecule has 0 saturated carbocycles. The molecular formula is C16H14O6Pb. The van der Waals surface area contributed by atoms with Crippen LogP contribution in [-0.2, 0) is 15.0 Å². The third-order valence-corrected chi connectivity index (χ3v) is 5.17. The summed E-state index contributed by atoms with van der Waals surface area (Å²) in [6.45, 7) is 0. The fourth-order valence-corrected chi connectivity index (χ4v) is 3.43. The Morgan fingerprint density at radius 2 is 1.09 bits per heavy atom. The van der Waals surface area contributed by atoms with E-state index in [0.29, 0.717) is 11.1 Å². The predicted molar refractivity (Wildman–Crippen MR) is 80.7 cm³/mol. The van der Waals surface area contributed by atoms with E-state index in [-0.39, 0.29) is 0 Å². The van der Waals surface area contributed by atoms with E-state index < -0.39 is 49.3 Å². The quantitative estimate of drug-likeness (QED) is 0.567. The third kappa shape index (κ3) is 5.12. The molecule has 23 heavy (non-hydrogen) atoms. The Hall–Kier alpha value is -1.78. The molecule has 0 fully saturated rings. The van der Waals surface area contributed by atoms with Gasteiger partial charge in [0.2, 0.25) is 0 Å². The number of rotatable bonds is 6. The fraction of sp³-hybridized carbons (Fsp3) is 0.125. The van der Waals surface area contributed by atoms with Crippen molar-refractivity contribution in [2.45, 2.75) is 12.2 Å². The zero-order chi connectivity index (χ0) is 16.7. The number of benzene rings is 2. The third-order valence-electron chi connectivity index (χ3n) is 2.96. The second-order valence-electron chi connectivity index (χ2n) is 4.55. The van der Waals surface area contributed by atoms with E-state index in [4.69, 9.17) is 5.37 Å². The Balaban J connectivity index is 1.80. The van der Waals surface area contributed by atoms with Crippen LogP contribution in [0.4, 0.5) is 0 Å². The number of aliphatic hydroxyl groups is 2. The molecule has 2 radical (unpaired) electrons. The van der Waals surface area contributed by atoms with Crippen molar-refractivity contribution < 1.29 is 25.2 Å². The van der Waals surface area contributed by atoms with Gasteiger partial charge in [0.05, 0.1) is 0 Å². The SMILES string of the molecule is O=C([O][Pb][O]C(=O)C(O)c1ccccc1)C(O)c1ccccc1. The Bertz CT molecular complexity index is 589. The first-order chi connectivity index (χ1) is 11.1. The van der Waals surface area contributed by atoms with Crippen molar-refractivity contribution in [3.8, 4) is 0 Å². The summed E-state index contributed by atoms with van der Waals surface area (Å²) in [6, 6.07) is 16.6. The minimum atomic E-state index is -2.52.